The van der Waals surface area contributed by atoms with E-state index < -0.39 is 0 Å². The molecule has 4 nitrogen and oxygen atoms in total. The molecule has 1 saturated heterocycles. The van der Waals surface area contributed by atoms with E-state index in [-0.39, 0.29) is 5.91 Å². The molecule has 0 atom stereocenters. The summed E-state index contributed by atoms with van der Waals surface area (Å²) in [7, 11) is 0. The summed E-state index contributed by atoms with van der Waals surface area (Å²) < 4.78 is 5.98. The third-order valence-corrected chi connectivity index (χ3v) is 5.62. The zero-order valence-corrected chi connectivity index (χ0v) is 17.5. The van der Waals surface area contributed by atoms with Gasteiger partial charge in [-0.2, -0.15) is 0 Å². The van der Waals surface area contributed by atoms with Gasteiger partial charge in [-0.25, -0.2) is 0 Å². The summed E-state index contributed by atoms with van der Waals surface area (Å²) >= 11 is 0. The van der Waals surface area contributed by atoms with Crippen molar-refractivity contribution in [2.75, 3.05) is 26.2 Å². The Morgan fingerprint density at radius 3 is 2.57 bits per heavy atom. The first-order valence-corrected chi connectivity index (χ1v) is 10.9. The Labute approximate surface area is 178 Å². The SMILES string of the molecule is O=C1CN(Cc2ccc3cc(OCCCCCc4ccccc4)ccc3c2)CCN1. The number of carbonyl (C=O) groups excluding carboxylic acids is 1. The molecule has 30 heavy (non-hydrogen) atoms. The fraction of sp³-hybridized carbons (Fsp3) is 0.346. The minimum Gasteiger partial charge on any atom is -0.494 e. The Morgan fingerprint density at radius 1 is 0.867 bits per heavy atom. The van der Waals surface area contributed by atoms with Crippen molar-refractivity contribution in [3.05, 3.63) is 77.9 Å². The highest BCUT2D eigenvalue weighted by atomic mass is 16.5. The fourth-order valence-electron chi connectivity index (χ4n) is 3.99. The zero-order valence-electron chi connectivity index (χ0n) is 17.5. The third-order valence-electron chi connectivity index (χ3n) is 5.62. The first-order chi connectivity index (χ1) is 14.8. The number of rotatable bonds is 9. The fourth-order valence-corrected chi connectivity index (χ4v) is 3.99. The van der Waals surface area contributed by atoms with E-state index in [1.54, 1.807) is 0 Å². The number of carbonyl (C=O) groups is 1. The monoisotopic (exact) mass is 402 g/mol. The van der Waals surface area contributed by atoms with Crippen molar-refractivity contribution in [2.45, 2.75) is 32.2 Å². The first-order valence-electron chi connectivity index (χ1n) is 10.9. The number of hydrogen-bond donors (Lipinski definition) is 1. The predicted octanol–water partition coefficient (Wildman–Crippen LogP) is 4.56. The van der Waals surface area contributed by atoms with Crippen molar-refractivity contribution in [3.8, 4) is 5.75 Å². The van der Waals surface area contributed by atoms with Crippen molar-refractivity contribution in [1.82, 2.24) is 10.2 Å². The van der Waals surface area contributed by atoms with Gasteiger partial charge in [0.1, 0.15) is 5.75 Å². The Balaban J connectivity index is 1.23. The van der Waals surface area contributed by atoms with Crippen molar-refractivity contribution < 1.29 is 9.53 Å². The van der Waals surface area contributed by atoms with Gasteiger partial charge in [-0.05, 0) is 65.8 Å². The second-order valence-electron chi connectivity index (χ2n) is 8.05. The van der Waals surface area contributed by atoms with Gasteiger partial charge < -0.3 is 10.1 Å². The Hall–Kier alpha value is -2.85. The highest BCUT2D eigenvalue weighted by Crippen LogP contribution is 2.23. The predicted molar refractivity (Wildman–Crippen MR) is 122 cm³/mol. The number of nitrogens with one attached hydrogen (secondary N) is 1. The minimum atomic E-state index is 0.115. The third kappa shape index (κ3) is 5.83. The number of unbranched alkanes of at least 4 members (excludes halogenated alkanes) is 2. The Morgan fingerprint density at radius 2 is 1.70 bits per heavy atom. The van der Waals surface area contributed by atoms with E-state index in [1.807, 2.05) is 0 Å². The number of piperazine rings is 1. The molecule has 1 aliphatic heterocycles. The molecule has 0 spiro atoms. The van der Waals surface area contributed by atoms with Gasteiger partial charge in [-0.1, -0.05) is 48.5 Å². The van der Waals surface area contributed by atoms with E-state index in [1.165, 1.54) is 34.7 Å². The molecule has 1 N–H and O–H groups in total. The quantitative estimate of drug-likeness (QED) is 0.534. The lowest BCUT2D eigenvalue weighted by atomic mass is 10.1. The molecule has 0 saturated carbocycles. The van der Waals surface area contributed by atoms with E-state index in [0.29, 0.717) is 6.54 Å². The van der Waals surface area contributed by atoms with E-state index in [2.05, 4.69) is 76.9 Å². The normalized spacial score (nSPS) is 14.6. The maximum Gasteiger partial charge on any atom is 0.234 e. The molecule has 4 rings (SSSR count). The van der Waals surface area contributed by atoms with Gasteiger partial charge in [0.25, 0.3) is 0 Å². The van der Waals surface area contributed by atoms with Crippen LogP contribution in [-0.2, 0) is 17.8 Å². The molecule has 156 valence electrons. The molecule has 0 radical (unpaired) electrons. The largest absolute Gasteiger partial charge is 0.494 e. The molecule has 0 bridgehead atoms. The van der Waals surface area contributed by atoms with Gasteiger partial charge >= 0.3 is 0 Å². The van der Waals surface area contributed by atoms with E-state index in [4.69, 9.17) is 4.74 Å². The lowest BCUT2D eigenvalue weighted by Crippen LogP contribution is -2.47. The number of fused-ring (bicyclic) bond motifs is 1. The van der Waals surface area contributed by atoms with Crippen LogP contribution in [0.2, 0.25) is 0 Å². The highest BCUT2D eigenvalue weighted by molar-refractivity contribution is 5.84. The van der Waals surface area contributed by atoms with Crippen LogP contribution < -0.4 is 10.1 Å². The summed E-state index contributed by atoms with van der Waals surface area (Å²) in [5.74, 6) is 1.05. The summed E-state index contributed by atoms with van der Waals surface area (Å²) in [6, 6.07) is 23.5. The van der Waals surface area contributed by atoms with E-state index >= 15 is 0 Å². The topological polar surface area (TPSA) is 41.6 Å². The first kappa shape index (κ1) is 20.4. The second-order valence-corrected chi connectivity index (χ2v) is 8.05. The van der Waals surface area contributed by atoms with Crippen LogP contribution in [0.25, 0.3) is 10.8 Å². The number of benzene rings is 3. The van der Waals surface area contributed by atoms with Crippen LogP contribution >= 0.6 is 0 Å². The van der Waals surface area contributed by atoms with E-state index in [0.717, 1.165) is 44.8 Å². The molecule has 1 aliphatic rings. The van der Waals surface area contributed by atoms with Crippen LogP contribution in [0.1, 0.15) is 30.4 Å². The lowest BCUT2D eigenvalue weighted by molar-refractivity contribution is -0.124. The molecule has 1 heterocycles. The van der Waals surface area contributed by atoms with Gasteiger partial charge in [-0.3, -0.25) is 9.69 Å². The van der Waals surface area contributed by atoms with E-state index in [9.17, 15) is 4.79 Å². The molecule has 1 amide bonds. The van der Waals surface area contributed by atoms with Crippen LogP contribution in [0.3, 0.4) is 0 Å². The van der Waals surface area contributed by atoms with Gasteiger partial charge in [-0.15, -0.1) is 0 Å². The number of amides is 1. The molecule has 0 aliphatic carbocycles. The number of nitrogens with zero attached hydrogens (tertiary/aromatic N) is 1. The molecule has 1 fully saturated rings. The number of hydrogen-bond acceptors (Lipinski definition) is 3. The Kier molecular flexibility index (Phi) is 6.99. The molecule has 3 aromatic carbocycles. The van der Waals surface area contributed by atoms with Crippen molar-refractivity contribution in [1.29, 1.82) is 0 Å². The average Bonchev–Trinajstić information content (AvgIpc) is 2.77. The molecule has 3 aromatic rings. The van der Waals surface area contributed by atoms with Gasteiger partial charge in [0.15, 0.2) is 0 Å². The molecule has 0 aromatic heterocycles. The van der Waals surface area contributed by atoms with Gasteiger partial charge in [0.05, 0.1) is 13.2 Å². The molecule has 0 unspecified atom stereocenters. The number of aryl methyl sites for hydroxylation is 1. The summed E-state index contributed by atoms with van der Waals surface area (Å²) in [6.07, 6.45) is 4.60. The molecule has 4 heteroatoms. The number of ether oxygens (including phenoxy) is 1. The van der Waals surface area contributed by atoms with Crippen LogP contribution in [0, 0.1) is 0 Å². The smallest absolute Gasteiger partial charge is 0.234 e. The summed E-state index contributed by atoms with van der Waals surface area (Å²) in [6.45, 7) is 3.69. The lowest BCUT2D eigenvalue weighted by Gasteiger charge is -2.26. The van der Waals surface area contributed by atoms with Crippen molar-refractivity contribution in [3.63, 3.8) is 0 Å². The van der Waals surface area contributed by atoms with Crippen LogP contribution in [0.4, 0.5) is 0 Å². The van der Waals surface area contributed by atoms with Crippen molar-refractivity contribution in [2.24, 2.45) is 0 Å². The maximum absolute atomic E-state index is 11.6. The molecular weight excluding hydrogens is 372 g/mol. The molecular formula is C26H30N2O2. The summed E-state index contributed by atoms with van der Waals surface area (Å²) in [4.78, 5) is 13.7. The van der Waals surface area contributed by atoms with Crippen LogP contribution in [0.5, 0.6) is 5.75 Å². The highest BCUT2D eigenvalue weighted by Gasteiger charge is 2.16. The second kappa shape index (κ2) is 10.3. The van der Waals surface area contributed by atoms with Crippen LogP contribution in [-0.4, -0.2) is 37.0 Å². The van der Waals surface area contributed by atoms with Gasteiger partial charge in [0.2, 0.25) is 5.91 Å². The zero-order chi connectivity index (χ0) is 20.6. The standard InChI is InChI=1S/C26H30N2O2/c29-26-20-28(15-14-27-26)19-22-10-11-24-18-25(13-12-23(24)17-22)30-16-6-2-5-9-21-7-3-1-4-8-21/h1,3-4,7-8,10-13,17-18H,2,5-6,9,14-16,19-20H2,(H,27,29). The average molecular weight is 403 g/mol. The minimum absolute atomic E-state index is 0.115. The Bertz CT molecular complexity index is 971. The maximum atomic E-state index is 11.6. The summed E-state index contributed by atoms with van der Waals surface area (Å²) in [5, 5.41) is 5.28. The van der Waals surface area contributed by atoms with Gasteiger partial charge in [0, 0.05) is 19.6 Å². The summed E-state index contributed by atoms with van der Waals surface area (Å²) in [5.41, 5.74) is 2.65. The van der Waals surface area contributed by atoms with Crippen LogP contribution in [0.15, 0.2) is 66.7 Å². The van der Waals surface area contributed by atoms with Crippen molar-refractivity contribution >= 4 is 16.7 Å².